The lowest BCUT2D eigenvalue weighted by Crippen LogP contribution is -2.40. The molecule has 0 spiro atoms. The summed E-state index contributed by atoms with van der Waals surface area (Å²) in [6.07, 6.45) is 2.26. The van der Waals surface area contributed by atoms with Crippen molar-refractivity contribution in [1.82, 2.24) is 10.2 Å². The highest BCUT2D eigenvalue weighted by molar-refractivity contribution is 5.89. The lowest BCUT2D eigenvalue weighted by Gasteiger charge is -2.31. The quantitative estimate of drug-likeness (QED) is 0.828. The maximum Gasteiger partial charge on any atom is 0.319 e. The molecule has 5 nitrogen and oxygen atoms in total. The van der Waals surface area contributed by atoms with E-state index in [0.29, 0.717) is 5.92 Å². The zero-order valence-electron chi connectivity index (χ0n) is 16.1. The number of anilines is 1. The van der Waals surface area contributed by atoms with E-state index < -0.39 is 0 Å². The highest BCUT2D eigenvalue weighted by atomic mass is 16.5. The number of hydrogen-bond acceptors (Lipinski definition) is 3. The van der Waals surface area contributed by atoms with Crippen LogP contribution in [0.4, 0.5) is 10.5 Å². The zero-order chi connectivity index (χ0) is 18.3. The standard InChI is InChI=1S/C20H33N3O2/c1-20(2,3)17-5-7-18(8-6-17)22-19(24)21-15-16-9-11-23(12-10-16)13-14-25-4/h5-8,16H,9-15H2,1-4H3,(H2,21,22,24). The van der Waals surface area contributed by atoms with Crippen molar-refractivity contribution in [3.63, 3.8) is 0 Å². The van der Waals surface area contributed by atoms with Crippen LogP contribution in [0.15, 0.2) is 24.3 Å². The third-order valence-electron chi connectivity index (χ3n) is 4.88. The first kappa shape index (κ1) is 19.7. The maximum absolute atomic E-state index is 12.1. The summed E-state index contributed by atoms with van der Waals surface area (Å²) in [5, 5.41) is 5.93. The lowest BCUT2D eigenvalue weighted by atomic mass is 9.87. The first-order valence-electron chi connectivity index (χ1n) is 9.25. The topological polar surface area (TPSA) is 53.6 Å². The van der Waals surface area contributed by atoms with Crippen molar-refractivity contribution >= 4 is 11.7 Å². The molecule has 0 unspecified atom stereocenters. The van der Waals surface area contributed by atoms with Crippen LogP contribution in [0.1, 0.15) is 39.2 Å². The molecular formula is C20H33N3O2. The summed E-state index contributed by atoms with van der Waals surface area (Å²) >= 11 is 0. The Morgan fingerprint density at radius 3 is 2.40 bits per heavy atom. The van der Waals surface area contributed by atoms with Crippen molar-refractivity contribution in [3.8, 4) is 0 Å². The van der Waals surface area contributed by atoms with Gasteiger partial charge in [-0.2, -0.15) is 0 Å². The molecule has 1 fully saturated rings. The molecule has 1 aromatic rings. The molecule has 1 heterocycles. The molecule has 1 aliphatic rings. The van der Waals surface area contributed by atoms with E-state index >= 15 is 0 Å². The van der Waals surface area contributed by atoms with Crippen molar-refractivity contribution in [3.05, 3.63) is 29.8 Å². The average molecular weight is 348 g/mol. The lowest BCUT2D eigenvalue weighted by molar-refractivity contribution is 0.120. The number of urea groups is 1. The van der Waals surface area contributed by atoms with Crippen LogP contribution in [-0.2, 0) is 10.2 Å². The second-order valence-electron chi connectivity index (χ2n) is 7.94. The molecule has 25 heavy (non-hydrogen) atoms. The van der Waals surface area contributed by atoms with Gasteiger partial charge in [0.1, 0.15) is 0 Å². The minimum atomic E-state index is -0.120. The number of ether oxygens (including phenoxy) is 1. The average Bonchev–Trinajstić information content (AvgIpc) is 2.59. The molecule has 2 N–H and O–H groups in total. The van der Waals surface area contributed by atoms with Crippen molar-refractivity contribution in [2.45, 2.75) is 39.0 Å². The fraction of sp³-hybridized carbons (Fsp3) is 0.650. The van der Waals surface area contributed by atoms with E-state index in [-0.39, 0.29) is 11.4 Å². The number of carbonyl (C=O) groups excluding carboxylic acids is 1. The number of methoxy groups -OCH3 is 1. The molecule has 140 valence electrons. The van der Waals surface area contributed by atoms with Crippen molar-refractivity contribution in [2.75, 3.05) is 45.2 Å². The van der Waals surface area contributed by atoms with Gasteiger partial charge in [0.05, 0.1) is 6.61 Å². The summed E-state index contributed by atoms with van der Waals surface area (Å²) in [5.74, 6) is 0.563. The van der Waals surface area contributed by atoms with Gasteiger partial charge in [-0.1, -0.05) is 32.9 Å². The Hall–Kier alpha value is -1.59. The molecule has 0 saturated carbocycles. The Balaban J connectivity index is 1.69. The third-order valence-corrected chi connectivity index (χ3v) is 4.88. The van der Waals surface area contributed by atoms with Crippen LogP contribution >= 0.6 is 0 Å². The Bertz CT molecular complexity index is 529. The predicted octanol–water partition coefficient (Wildman–Crippen LogP) is 3.46. The van der Waals surface area contributed by atoms with Gasteiger partial charge < -0.3 is 20.3 Å². The molecule has 2 rings (SSSR count). The van der Waals surface area contributed by atoms with Gasteiger partial charge >= 0.3 is 6.03 Å². The minimum Gasteiger partial charge on any atom is -0.383 e. The number of benzene rings is 1. The molecule has 1 aliphatic heterocycles. The van der Waals surface area contributed by atoms with Crippen LogP contribution in [0.5, 0.6) is 0 Å². The molecular weight excluding hydrogens is 314 g/mol. The Kier molecular flexibility index (Phi) is 7.26. The Labute approximate surface area is 152 Å². The van der Waals surface area contributed by atoms with E-state index in [1.165, 1.54) is 5.56 Å². The predicted molar refractivity (Wildman–Crippen MR) is 103 cm³/mol. The van der Waals surface area contributed by atoms with Crippen molar-refractivity contribution in [1.29, 1.82) is 0 Å². The fourth-order valence-corrected chi connectivity index (χ4v) is 3.10. The summed E-state index contributed by atoms with van der Waals surface area (Å²) in [5.41, 5.74) is 2.22. The van der Waals surface area contributed by atoms with Crippen LogP contribution in [0, 0.1) is 5.92 Å². The molecule has 5 heteroatoms. The zero-order valence-corrected chi connectivity index (χ0v) is 16.1. The van der Waals surface area contributed by atoms with Crippen LogP contribution < -0.4 is 10.6 Å². The second-order valence-corrected chi connectivity index (χ2v) is 7.94. The van der Waals surface area contributed by atoms with Gasteiger partial charge in [-0.25, -0.2) is 4.79 Å². The number of rotatable bonds is 6. The Morgan fingerprint density at radius 1 is 1.20 bits per heavy atom. The third kappa shape index (κ3) is 6.67. The first-order chi connectivity index (χ1) is 11.9. The maximum atomic E-state index is 12.1. The molecule has 1 saturated heterocycles. The van der Waals surface area contributed by atoms with E-state index in [2.05, 4.69) is 48.4 Å². The number of piperidine rings is 1. The number of amides is 2. The normalized spacial score (nSPS) is 16.6. The summed E-state index contributed by atoms with van der Waals surface area (Å²) < 4.78 is 5.13. The second kappa shape index (κ2) is 9.20. The molecule has 0 bridgehead atoms. The van der Waals surface area contributed by atoms with Gasteiger partial charge in [0.2, 0.25) is 0 Å². The van der Waals surface area contributed by atoms with Gasteiger partial charge in [0, 0.05) is 25.9 Å². The van der Waals surface area contributed by atoms with E-state index in [4.69, 9.17) is 4.74 Å². The van der Waals surface area contributed by atoms with Gasteiger partial charge in [0.15, 0.2) is 0 Å². The monoisotopic (exact) mass is 347 g/mol. The smallest absolute Gasteiger partial charge is 0.319 e. The van der Waals surface area contributed by atoms with Gasteiger partial charge in [-0.3, -0.25) is 0 Å². The summed E-state index contributed by atoms with van der Waals surface area (Å²) in [6.45, 7) is 11.3. The molecule has 0 atom stereocenters. The van der Waals surface area contributed by atoms with Gasteiger partial charge in [0.25, 0.3) is 0 Å². The van der Waals surface area contributed by atoms with Crippen LogP contribution in [0.2, 0.25) is 0 Å². The van der Waals surface area contributed by atoms with E-state index in [0.717, 1.165) is 51.3 Å². The minimum absolute atomic E-state index is 0.120. The fourth-order valence-electron chi connectivity index (χ4n) is 3.10. The Morgan fingerprint density at radius 2 is 1.84 bits per heavy atom. The van der Waals surface area contributed by atoms with E-state index in [9.17, 15) is 4.79 Å². The molecule has 0 aliphatic carbocycles. The summed E-state index contributed by atoms with van der Waals surface area (Å²) in [7, 11) is 1.74. The van der Waals surface area contributed by atoms with E-state index in [1.54, 1.807) is 7.11 Å². The van der Waals surface area contributed by atoms with E-state index in [1.807, 2.05) is 12.1 Å². The number of nitrogens with one attached hydrogen (secondary N) is 2. The first-order valence-corrected chi connectivity index (χ1v) is 9.25. The number of nitrogens with zero attached hydrogens (tertiary/aromatic N) is 1. The van der Waals surface area contributed by atoms with Gasteiger partial charge in [-0.15, -0.1) is 0 Å². The van der Waals surface area contributed by atoms with Crippen LogP contribution in [0.25, 0.3) is 0 Å². The van der Waals surface area contributed by atoms with Gasteiger partial charge in [-0.05, 0) is 55.0 Å². The number of carbonyl (C=O) groups is 1. The molecule has 0 aromatic heterocycles. The molecule has 0 radical (unpaired) electrons. The van der Waals surface area contributed by atoms with Crippen LogP contribution in [0.3, 0.4) is 0 Å². The van der Waals surface area contributed by atoms with Crippen molar-refractivity contribution < 1.29 is 9.53 Å². The SMILES string of the molecule is COCCN1CCC(CNC(=O)Nc2ccc(C(C)(C)C)cc2)CC1. The highest BCUT2D eigenvalue weighted by Gasteiger charge is 2.19. The largest absolute Gasteiger partial charge is 0.383 e. The van der Waals surface area contributed by atoms with Crippen LogP contribution in [-0.4, -0.2) is 50.8 Å². The molecule has 1 aromatic carbocycles. The van der Waals surface area contributed by atoms with Crippen molar-refractivity contribution in [2.24, 2.45) is 5.92 Å². The summed E-state index contributed by atoms with van der Waals surface area (Å²) in [6, 6.07) is 7.96. The highest BCUT2D eigenvalue weighted by Crippen LogP contribution is 2.23. The molecule has 2 amide bonds. The summed E-state index contributed by atoms with van der Waals surface area (Å²) in [4.78, 5) is 14.5. The number of likely N-dealkylation sites (tertiary alicyclic amines) is 1. The number of hydrogen-bond donors (Lipinski definition) is 2.